The summed E-state index contributed by atoms with van der Waals surface area (Å²) in [4.78, 5) is 28.2. The molecule has 6 unspecified atom stereocenters. The molecule has 2 amide bonds. The van der Waals surface area contributed by atoms with Crippen LogP contribution in [-0.2, 0) is 9.59 Å². The van der Waals surface area contributed by atoms with Crippen molar-refractivity contribution in [3.63, 3.8) is 0 Å². The van der Waals surface area contributed by atoms with Gasteiger partial charge in [0.25, 0.3) is 0 Å². The normalized spacial score (nSPS) is 38.2. The summed E-state index contributed by atoms with van der Waals surface area (Å²) in [5, 5.41) is 2.01. The van der Waals surface area contributed by atoms with Crippen LogP contribution >= 0.6 is 15.9 Å². The minimum atomic E-state index is -0.0580. The third kappa shape index (κ3) is 1.71. The predicted molar refractivity (Wildman–Crippen MR) is 98.9 cm³/mol. The van der Waals surface area contributed by atoms with E-state index >= 15 is 0 Å². The predicted octanol–water partition coefficient (Wildman–Crippen LogP) is 4.38. The topological polar surface area (TPSA) is 37.4 Å². The zero-order valence-corrected chi connectivity index (χ0v) is 15.3. The monoisotopic (exact) mass is 395 g/mol. The first-order valence-corrected chi connectivity index (χ1v) is 10.0. The van der Waals surface area contributed by atoms with E-state index in [1.54, 1.807) is 0 Å². The SMILES string of the molecule is O=C1C2C3CCC(C4CC43)C2C(=O)N1c1ccc(Br)c2ccccc12. The molecule has 5 fully saturated rings. The van der Waals surface area contributed by atoms with Gasteiger partial charge in [-0.05, 0) is 60.5 Å². The molecule has 4 saturated carbocycles. The summed E-state index contributed by atoms with van der Waals surface area (Å²) in [7, 11) is 0. The Kier molecular flexibility index (Phi) is 2.74. The van der Waals surface area contributed by atoms with Crippen molar-refractivity contribution in [2.24, 2.45) is 35.5 Å². The van der Waals surface area contributed by atoms with E-state index in [1.807, 2.05) is 36.4 Å². The van der Waals surface area contributed by atoms with Gasteiger partial charge in [-0.1, -0.05) is 40.2 Å². The molecule has 0 N–H and O–H groups in total. The lowest BCUT2D eigenvalue weighted by molar-refractivity contribution is -0.129. The number of carbonyl (C=O) groups is 2. The summed E-state index contributed by atoms with van der Waals surface area (Å²) in [6, 6.07) is 11.9. The van der Waals surface area contributed by atoms with E-state index in [0.29, 0.717) is 11.8 Å². The van der Waals surface area contributed by atoms with E-state index in [9.17, 15) is 9.59 Å². The van der Waals surface area contributed by atoms with E-state index in [4.69, 9.17) is 0 Å². The highest BCUT2D eigenvalue weighted by Crippen LogP contribution is 2.68. The van der Waals surface area contributed by atoms with Gasteiger partial charge in [-0.2, -0.15) is 0 Å². The lowest BCUT2D eigenvalue weighted by atomic mass is 9.59. The number of carbonyl (C=O) groups excluding carboxylic acids is 2. The zero-order chi connectivity index (χ0) is 16.9. The number of hydrogen-bond donors (Lipinski definition) is 0. The third-order valence-corrected chi connectivity index (χ3v) is 7.93. The standard InChI is InChI=1S/C21H18BrNO2/c22-16-7-8-17(11-4-2-1-3-10(11)16)23-20(24)18-12-5-6-13(15-9-14(12)15)19(18)21(23)25/h1-4,7-8,12-15,18-19H,5-6,9H2. The van der Waals surface area contributed by atoms with Gasteiger partial charge in [0.2, 0.25) is 11.8 Å². The fraction of sp³-hybridized carbons (Fsp3) is 0.429. The maximum Gasteiger partial charge on any atom is 0.238 e. The highest BCUT2D eigenvalue weighted by atomic mass is 79.9. The van der Waals surface area contributed by atoms with Crippen molar-refractivity contribution in [3.05, 3.63) is 40.9 Å². The first kappa shape index (κ1) is 14.5. The van der Waals surface area contributed by atoms with Gasteiger partial charge in [-0.3, -0.25) is 9.59 Å². The van der Waals surface area contributed by atoms with Crippen molar-refractivity contribution < 1.29 is 9.59 Å². The summed E-state index contributed by atoms with van der Waals surface area (Å²) in [6.45, 7) is 0. The lowest BCUT2D eigenvalue weighted by Crippen LogP contribution is -2.43. The van der Waals surface area contributed by atoms with Crippen LogP contribution in [0.4, 0.5) is 5.69 Å². The van der Waals surface area contributed by atoms with Gasteiger partial charge in [0.15, 0.2) is 0 Å². The third-order valence-electron chi connectivity index (χ3n) is 7.23. The molecule has 126 valence electrons. The molecule has 0 spiro atoms. The lowest BCUT2D eigenvalue weighted by Gasteiger charge is -2.42. The molecule has 2 bridgehead atoms. The van der Waals surface area contributed by atoms with Crippen LogP contribution in [0.2, 0.25) is 0 Å². The highest BCUT2D eigenvalue weighted by Gasteiger charge is 2.68. The Morgan fingerprint density at radius 1 is 0.800 bits per heavy atom. The molecule has 1 saturated heterocycles. The summed E-state index contributed by atoms with van der Waals surface area (Å²) < 4.78 is 0.990. The van der Waals surface area contributed by atoms with Gasteiger partial charge in [0.05, 0.1) is 17.5 Å². The van der Waals surface area contributed by atoms with Crippen molar-refractivity contribution in [1.29, 1.82) is 0 Å². The molecular weight excluding hydrogens is 378 g/mol. The molecule has 25 heavy (non-hydrogen) atoms. The van der Waals surface area contributed by atoms with Crippen molar-refractivity contribution >= 4 is 44.2 Å². The maximum absolute atomic E-state index is 13.3. The number of benzene rings is 2. The second kappa shape index (κ2) is 4.73. The van der Waals surface area contributed by atoms with Gasteiger partial charge < -0.3 is 0 Å². The quantitative estimate of drug-likeness (QED) is 0.671. The first-order chi connectivity index (χ1) is 12.2. The molecule has 2 aromatic rings. The van der Waals surface area contributed by atoms with Crippen LogP contribution in [0.5, 0.6) is 0 Å². The minimum absolute atomic E-state index is 0.0579. The van der Waals surface area contributed by atoms with Crippen LogP contribution in [0, 0.1) is 35.5 Å². The Hall–Kier alpha value is -1.68. The summed E-state index contributed by atoms with van der Waals surface area (Å²) in [6.07, 6.45) is 3.53. The molecular formula is C21H18BrNO2. The number of halogens is 1. The van der Waals surface area contributed by atoms with Crippen LogP contribution < -0.4 is 4.90 Å². The van der Waals surface area contributed by atoms with Gasteiger partial charge in [-0.15, -0.1) is 0 Å². The first-order valence-electron chi connectivity index (χ1n) is 9.22. The van der Waals surface area contributed by atoms with E-state index in [-0.39, 0.29) is 23.7 Å². The molecule has 7 rings (SSSR count). The average molecular weight is 396 g/mol. The van der Waals surface area contributed by atoms with E-state index < -0.39 is 0 Å². The fourth-order valence-corrected chi connectivity index (χ4v) is 6.69. The summed E-state index contributed by atoms with van der Waals surface area (Å²) in [5.74, 6) is 2.34. The van der Waals surface area contributed by atoms with Crippen LogP contribution in [-0.4, -0.2) is 11.8 Å². The molecule has 5 aliphatic rings. The molecule has 1 heterocycles. The van der Waals surface area contributed by atoms with Crippen molar-refractivity contribution in [2.45, 2.75) is 19.3 Å². The molecule has 0 radical (unpaired) electrons. The highest BCUT2D eigenvalue weighted by molar-refractivity contribution is 9.10. The number of imide groups is 1. The average Bonchev–Trinajstić information content (AvgIpc) is 3.41. The smallest absolute Gasteiger partial charge is 0.238 e. The molecule has 3 nitrogen and oxygen atoms in total. The number of rotatable bonds is 1. The number of fused-ring (bicyclic) bond motifs is 2. The number of nitrogens with zero attached hydrogens (tertiary/aromatic N) is 1. The summed E-state index contributed by atoms with van der Waals surface area (Å²) >= 11 is 3.59. The molecule has 0 aromatic heterocycles. The fourth-order valence-electron chi connectivity index (χ4n) is 6.22. The molecule has 4 heteroatoms. The van der Waals surface area contributed by atoms with Crippen LogP contribution in [0.3, 0.4) is 0 Å². The van der Waals surface area contributed by atoms with Crippen molar-refractivity contribution in [2.75, 3.05) is 4.90 Å². The largest absolute Gasteiger partial charge is 0.274 e. The van der Waals surface area contributed by atoms with Gasteiger partial charge in [0.1, 0.15) is 0 Å². The second-order valence-electron chi connectivity index (χ2n) is 8.14. The zero-order valence-electron chi connectivity index (χ0n) is 13.7. The van der Waals surface area contributed by atoms with Gasteiger partial charge in [0, 0.05) is 9.86 Å². The van der Waals surface area contributed by atoms with Gasteiger partial charge >= 0.3 is 0 Å². The van der Waals surface area contributed by atoms with Crippen molar-refractivity contribution in [1.82, 2.24) is 0 Å². The van der Waals surface area contributed by atoms with Crippen LogP contribution in [0.1, 0.15) is 19.3 Å². The number of amides is 2. The van der Waals surface area contributed by atoms with E-state index in [0.717, 1.165) is 45.6 Å². The molecule has 2 aromatic carbocycles. The molecule has 1 aliphatic heterocycles. The minimum Gasteiger partial charge on any atom is -0.274 e. The number of hydrogen-bond acceptors (Lipinski definition) is 2. The van der Waals surface area contributed by atoms with Gasteiger partial charge in [-0.25, -0.2) is 4.90 Å². The Labute approximate surface area is 154 Å². The van der Waals surface area contributed by atoms with Crippen LogP contribution in [0.25, 0.3) is 10.8 Å². The Morgan fingerprint density at radius 2 is 1.40 bits per heavy atom. The Morgan fingerprint density at radius 3 is 2.04 bits per heavy atom. The van der Waals surface area contributed by atoms with E-state index in [2.05, 4.69) is 15.9 Å². The molecule has 4 aliphatic carbocycles. The summed E-state index contributed by atoms with van der Waals surface area (Å²) in [5.41, 5.74) is 0.760. The maximum atomic E-state index is 13.3. The van der Waals surface area contributed by atoms with E-state index in [1.165, 1.54) is 11.3 Å². The number of anilines is 1. The molecule has 6 atom stereocenters. The van der Waals surface area contributed by atoms with Crippen molar-refractivity contribution in [3.8, 4) is 0 Å². The van der Waals surface area contributed by atoms with Crippen LogP contribution in [0.15, 0.2) is 40.9 Å². The Balaban J connectivity index is 1.51. The second-order valence-corrected chi connectivity index (χ2v) is 9.00. The Bertz CT molecular complexity index is 920.